The highest BCUT2D eigenvalue weighted by molar-refractivity contribution is 7.89. The largest absolute Gasteiger partial charge is 0.451 e. The summed E-state index contributed by atoms with van der Waals surface area (Å²) in [5.74, 6) is 0. The Morgan fingerprint density at radius 1 is 1.58 bits per heavy atom. The Morgan fingerprint density at radius 2 is 2.25 bits per heavy atom. The second-order valence-corrected chi connectivity index (χ2v) is 3.52. The number of carbonyl (C=O) groups excluding carboxylic acids is 1. The summed E-state index contributed by atoms with van der Waals surface area (Å²) in [5, 5.41) is -0.346. The third kappa shape index (κ3) is 1.76. The van der Waals surface area contributed by atoms with Crippen molar-refractivity contribution in [3.8, 4) is 0 Å². The number of hydrogen-bond acceptors (Lipinski definition) is 4. The zero-order valence-electron chi connectivity index (χ0n) is 5.85. The predicted molar refractivity (Wildman–Crippen MR) is 38.6 cm³/mol. The van der Waals surface area contributed by atoms with Crippen molar-refractivity contribution in [2.75, 3.05) is 0 Å². The molecule has 3 N–H and O–H groups in total. The van der Waals surface area contributed by atoms with Gasteiger partial charge in [0.1, 0.15) is 0 Å². The van der Waals surface area contributed by atoms with E-state index in [2.05, 4.69) is 10.2 Å². The maximum Gasteiger partial charge on any atom is 0.326 e. The molecule has 0 bridgehead atoms. The number of amides is 2. The van der Waals surface area contributed by atoms with Crippen LogP contribution in [0.15, 0.2) is 27.9 Å². The molecular weight excluding hydrogens is 184 g/mol. The molecule has 0 aliphatic heterocycles. The predicted octanol–water partition coefficient (Wildman–Crippen LogP) is -0.363. The number of rotatable bonds is 2. The fourth-order valence-corrected chi connectivity index (χ4v) is 1.40. The summed E-state index contributed by atoms with van der Waals surface area (Å²) < 4.78 is 28.1. The number of urea groups is 1. The lowest BCUT2D eigenvalue weighted by molar-refractivity contribution is 0.253. The Balaban J connectivity index is 2.96. The fraction of sp³-hybridized carbons (Fsp3) is 0. The van der Waals surface area contributed by atoms with E-state index in [9.17, 15) is 13.2 Å². The van der Waals surface area contributed by atoms with Crippen molar-refractivity contribution >= 4 is 16.1 Å². The second kappa shape index (κ2) is 2.86. The molecule has 0 unspecified atom stereocenters. The molecule has 1 aromatic heterocycles. The molecular formula is C5H6N2O4S. The molecule has 1 heterocycles. The minimum Gasteiger partial charge on any atom is -0.451 e. The maximum atomic E-state index is 11.0. The highest BCUT2D eigenvalue weighted by Gasteiger charge is 2.18. The average molecular weight is 190 g/mol. The van der Waals surface area contributed by atoms with Crippen molar-refractivity contribution in [1.29, 1.82) is 0 Å². The van der Waals surface area contributed by atoms with Crippen molar-refractivity contribution in [1.82, 2.24) is 4.72 Å². The minimum absolute atomic E-state index is 0.346. The highest BCUT2D eigenvalue weighted by Crippen LogP contribution is 2.07. The Bertz CT molecular complexity index is 366. The van der Waals surface area contributed by atoms with Gasteiger partial charge in [0.15, 0.2) is 0 Å². The van der Waals surface area contributed by atoms with Gasteiger partial charge < -0.3 is 10.2 Å². The normalized spacial score (nSPS) is 11.0. The molecule has 0 aliphatic carbocycles. The van der Waals surface area contributed by atoms with Gasteiger partial charge in [-0.1, -0.05) is 0 Å². The highest BCUT2D eigenvalue weighted by atomic mass is 32.2. The summed E-state index contributed by atoms with van der Waals surface area (Å²) in [7, 11) is -3.91. The number of carbonyl (C=O) groups is 1. The first-order valence-electron chi connectivity index (χ1n) is 2.88. The molecule has 0 fully saturated rings. The third-order valence-electron chi connectivity index (χ3n) is 0.995. The van der Waals surface area contributed by atoms with Gasteiger partial charge in [0.2, 0.25) is 5.09 Å². The van der Waals surface area contributed by atoms with Crippen LogP contribution in [-0.4, -0.2) is 14.4 Å². The summed E-state index contributed by atoms with van der Waals surface area (Å²) in [5.41, 5.74) is 4.61. The van der Waals surface area contributed by atoms with E-state index in [0.717, 1.165) is 0 Å². The van der Waals surface area contributed by atoms with Crippen molar-refractivity contribution in [2.24, 2.45) is 5.73 Å². The van der Waals surface area contributed by atoms with E-state index < -0.39 is 16.1 Å². The molecule has 0 saturated heterocycles. The van der Waals surface area contributed by atoms with Crippen LogP contribution in [0.25, 0.3) is 0 Å². The van der Waals surface area contributed by atoms with Crippen LogP contribution in [0.4, 0.5) is 4.79 Å². The molecule has 66 valence electrons. The molecule has 0 radical (unpaired) electrons. The standard InChI is InChI=1S/C5H6N2O4S/c6-5(8)7-12(9,10)4-2-1-3-11-4/h1-3H,(H3,6,7,8). The van der Waals surface area contributed by atoms with E-state index >= 15 is 0 Å². The summed E-state index contributed by atoms with van der Waals surface area (Å²) in [6.07, 6.45) is 1.18. The summed E-state index contributed by atoms with van der Waals surface area (Å²) >= 11 is 0. The number of primary amides is 1. The number of nitrogens with two attached hydrogens (primary N) is 1. The monoisotopic (exact) mass is 190 g/mol. The summed E-state index contributed by atoms with van der Waals surface area (Å²) in [4.78, 5) is 10.2. The summed E-state index contributed by atoms with van der Waals surface area (Å²) in [6, 6.07) is 1.44. The smallest absolute Gasteiger partial charge is 0.326 e. The molecule has 1 aromatic rings. The zero-order valence-corrected chi connectivity index (χ0v) is 6.67. The Kier molecular flexibility index (Phi) is 2.05. The lowest BCUT2D eigenvalue weighted by Crippen LogP contribution is -2.34. The van der Waals surface area contributed by atoms with Crippen LogP contribution >= 0.6 is 0 Å². The number of nitrogens with one attached hydrogen (secondary N) is 1. The second-order valence-electron chi connectivity index (χ2n) is 1.90. The van der Waals surface area contributed by atoms with Gasteiger partial charge >= 0.3 is 6.03 Å². The quantitative estimate of drug-likeness (QED) is 0.664. The molecule has 6 nitrogen and oxygen atoms in total. The first kappa shape index (κ1) is 8.60. The lowest BCUT2D eigenvalue weighted by Gasteiger charge is -1.98. The van der Waals surface area contributed by atoms with Crippen LogP contribution in [0.5, 0.6) is 0 Å². The van der Waals surface area contributed by atoms with E-state index in [4.69, 9.17) is 0 Å². The molecule has 12 heavy (non-hydrogen) atoms. The van der Waals surface area contributed by atoms with E-state index in [0.29, 0.717) is 0 Å². The van der Waals surface area contributed by atoms with Crippen LogP contribution in [0, 0.1) is 0 Å². The van der Waals surface area contributed by atoms with E-state index in [1.54, 1.807) is 0 Å². The number of sulfonamides is 1. The fourth-order valence-electron chi connectivity index (χ4n) is 0.599. The van der Waals surface area contributed by atoms with Gasteiger partial charge in [-0.05, 0) is 12.1 Å². The van der Waals surface area contributed by atoms with Crippen LogP contribution in [-0.2, 0) is 10.0 Å². The van der Waals surface area contributed by atoms with Crippen molar-refractivity contribution in [2.45, 2.75) is 5.09 Å². The SMILES string of the molecule is NC(=O)NS(=O)(=O)c1ccco1. The van der Waals surface area contributed by atoms with Gasteiger partial charge in [-0.25, -0.2) is 9.52 Å². The first-order valence-corrected chi connectivity index (χ1v) is 4.36. The van der Waals surface area contributed by atoms with E-state index in [-0.39, 0.29) is 5.09 Å². The van der Waals surface area contributed by atoms with Crippen LogP contribution in [0.2, 0.25) is 0 Å². The van der Waals surface area contributed by atoms with Crippen LogP contribution < -0.4 is 10.5 Å². The van der Waals surface area contributed by atoms with E-state index in [1.165, 1.54) is 23.1 Å². The first-order chi connectivity index (χ1) is 5.52. The van der Waals surface area contributed by atoms with Crippen molar-refractivity contribution < 1.29 is 17.6 Å². The Labute approximate surface area is 68.4 Å². The van der Waals surface area contributed by atoms with Crippen molar-refractivity contribution in [3.63, 3.8) is 0 Å². The number of furan rings is 1. The van der Waals surface area contributed by atoms with Gasteiger partial charge in [-0.15, -0.1) is 0 Å². The lowest BCUT2D eigenvalue weighted by atomic mass is 10.7. The van der Waals surface area contributed by atoms with Crippen molar-refractivity contribution in [3.05, 3.63) is 18.4 Å². The molecule has 2 amide bonds. The topological polar surface area (TPSA) is 102 Å². The molecule has 0 aliphatic rings. The van der Waals surface area contributed by atoms with Gasteiger partial charge in [-0.3, -0.25) is 0 Å². The molecule has 1 rings (SSSR count). The van der Waals surface area contributed by atoms with Gasteiger partial charge in [0, 0.05) is 0 Å². The van der Waals surface area contributed by atoms with Crippen LogP contribution in [0.1, 0.15) is 0 Å². The van der Waals surface area contributed by atoms with Gasteiger partial charge in [0.05, 0.1) is 6.26 Å². The molecule has 0 aromatic carbocycles. The minimum atomic E-state index is -3.91. The molecule has 0 spiro atoms. The molecule has 0 saturated carbocycles. The molecule has 7 heteroatoms. The third-order valence-corrected chi connectivity index (χ3v) is 2.23. The van der Waals surface area contributed by atoms with E-state index in [1.807, 2.05) is 0 Å². The maximum absolute atomic E-state index is 11.0. The van der Waals surface area contributed by atoms with Crippen LogP contribution in [0.3, 0.4) is 0 Å². The molecule has 0 atom stereocenters. The average Bonchev–Trinajstić information content (AvgIpc) is 2.32. The Morgan fingerprint density at radius 3 is 2.67 bits per heavy atom. The zero-order chi connectivity index (χ0) is 9.19. The number of hydrogen-bond donors (Lipinski definition) is 2. The summed E-state index contributed by atoms with van der Waals surface area (Å²) in [6.45, 7) is 0. The Hall–Kier alpha value is -1.50. The van der Waals surface area contributed by atoms with Gasteiger partial charge in [0.25, 0.3) is 10.0 Å². The van der Waals surface area contributed by atoms with Gasteiger partial charge in [-0.2, -0.15) is 8.42 Å².